The van der Waals surface area contributed by atoms with Crippen LogP contribution in [0, 0.1) is 0 Å². The molecular formula is C8H4BrF3N2O2. The van der Waals surface area contributed by atoms with Gasteiger partial charge < -0.3 is 5.11 Å². The van der Waals surface area contributed by atoms with Crippen LogP contribution in [0.4, 0.5) is 19.0 Å². The molecule has 1 heterocycles. The normalized spacial score (nSPS) is 12.6. The van der Waals surface area contributed by atoms with Gasteiger partial charge in [-0.25, -0.2) is 14.8 Å². The summed E-state index contributed by atoms with van der Waals surface area (Å²) in [4.78, 5) is 16.8. The number of nitrogens with zero attached hydrogens (tertiary/aromatic N) is 2. The Balaban J connectivity index is 3.13. The van der Waals surface area contributed by atoms with Gasteiger partial charge in [0.2, 0.25) is 5.71 Å². The second kappa shape index (κ2) is 4.60. The van der Waals surface area contributed by atoms with Gasteiger partial charge in [0.05, 0.1) is 0 Å². The molecule has 0 atom stereocenters. The molecule has 0 aliphatic rings. The first-order valence-electron chi connectivity index (χ1n) is 3.81. The van der Waals surface area contributed by atoms with Gasteiger partial charge in [-0.05, 0) is 28.1 Å². The van der Waals surface area contributed by atoms with Crippen LogP contribution in [0.2, 0.25) is 0 Å². The fourth-order valence-corrected chi connectivity index (χ4v) is 1.02. The molecule has 0 spiro atoms. The second-order valence-corrected chi connectivity index (χ2v) is 3.51. The third-order valence-electron chi connectivity index (χ3n) is 1.41. The number of carbonyl (C=O) groups is 1. The molecule has 1 aromatic rings. The lowest BCUT2D eigenvalue weighted by atomic mass is 10.3. The fraction of sp³-hybridized carbons (Fsp3) is 0.125. The highest BCUT2D eigenvalue weighted by molar-refractivity contribution is 9.10. The monoisotopic (exact) mass is 296 g/mol. The van der Waals surface area contributed by atoms with Crippen molar-refractivity contribution in [2.24, 2.45) is 4.99 Å². The van der Waals surface area contributed by atoms with E-state index >= 15 is 0 Å². The van der Waals surface area contributed by atoms with Gasteiger partial charge in [-0.2, -0.15) is 13.2 Å². The molecule has 0 saturated heterocycles. The highest BCUT2D eigenvalue weighted by atomic mass is 79.9. The molecule has 1 N–H and O–H groups in total. The van der Waals surface area contributed by atoms with E-state index in [1.54, 1.807) is 0 Å². The van der Waals surface area contributed by atoms with Gasteiger partial charge in [-0.1, -0.05) is 0 Å². The minimum Gasteiger partial charge on any atom is -0.477 e. The minimum atomic E-state index is -5.01. The first-order chi connectivity index (χ1) is 7.30. The SMILES string of the molecule is O=C(O)C(=Nc1ccc(Br)cn1)C(F)(F)F. The number of alkyl halides is 3. The lowest BCUT2D eigenvalue weighted by molar-refractivity contribution is -0.133. The van der Waals surface area contributed by atoms with Gasteiger partial charge in [-0.3, -0.25) is 0 Å². The number of halogens is 4. The van der Waals surface area contributed by atoms with Gasteiger partial charge in [-0.15, -0.1) is 0 Å². The predicted octanol–water partition coefficient (Wildman–Crippen LogP) is 2.56. The summed E-state index contributed by atoms with van der Waals surface area (Å²) in [5.41, 5.74) is -1.90. The second-order valence-electron chi connectivity index (χ2n) is 2.60. The highest BCUT2D eigenvalue weighted by Crippen LogP contribution is 2.21. The Hall–Kier alpha value is -1.44. The maximum absolute atomic E-state index is 12.2. The molecule has 0 aliphatic carbocycles. The zero-order valence-corrected chi connectivity index (χ0v) is 9.08. The predicted molar refractivity (Wildman–Crippen MR) is 52.7 cm³/mol. The van der Waals surface area contributed by atoms with E-state index in [1.807, 2.05) is 0 Å². The average molecular weight is 297 g/mol. The molecule has 1 rings (SSSR count). The third-order valence-corrected chi connectivity index (χ3v) is 1.88. The maximum atomic E-state index is 12.2. The van der Waals surface area contributed by atoms with Gasteiger partial charge in [0.15, 0.2) is 5.82 Å². The van der Waals surface area contributed by atoms with Gasteiger partial charge in [0, 0.05) is 10.7 Å². The molecule has 0 amide bonds. The van der Waals surface area contributed by atoms with Gasteiger partial charge in [0.25, 0.3) is 0 Å². The molecule has 4 nitrogen and oxygen atoms in total. The van der Waals surface area contributed by atoms with Crippen molar-refractivity contribution in [1.29, 1.82) is 0 Å². The third kappa shape index (κ3) is 3.30. The van der Waals surface area contributed by atoms with Crippen LogP contribution in [-0.2, 0) is 4.79 Å². The van der Waals surface area contributed by atoms with Crippen molar-refractivity contribution in [2.75, 3.05) is 0 Å². The molecule has 1 aromatic heterocycles. The van der Waals surface area contributed by atoms with Crippen LogP contribution in [0.15, 0.2) is 27.8 Å². The smallest absolute Gasteiger partial charge is 0.440 e. The highest BCUT2D eigenvalue weighted by Gasteiger charge is 2.41. The first-order valence-corrected chi connectivity index (χ1v) is 4.61. The number of aliphatic imine (C=N–C) groups is 1. The Morgan fingerprint density at radius 1 is 1.44 bits per heavy atom. The number of carboxylic acid groups (broad SMARTS) is 1. The number of aliphatic carboxylic acids is 1. The lowest BCUT2D eigenvalue weighted by Gasteiger charge is -2.05. The van der Waals surface area contributed by atoms with E-state index in [-0.39, 0.29) is 5.82 Å². The molecule has 0 fully saturated rings. The summed E-state index contributed by atoms with van der Waals surface area (Å²) in [5.74, 6) is -2.46. The van der Waals surface area contributed by atoms with Gasteiger partial charge in [0.1, 0.15) is 0 Å². The number of rotatable bonds is 2. The Kier molecular flexibility index (Phi) is 3.63. The van der Waals surface area contributed by atoms with Gasteiger partial charge >= 0.3 is 12.1 Å². The number of hydrogen-bond acceptors (Lipinski definition) is 3. The molecule has 86 valence electrons. The number of carboxylic acids is 1. The zero-order chi connectivity index (χ0) is 12.3. The number of hydrogen-bond donors (Lipinski definition) is 1. The standard InChI is InChI=1S/C8H4BrF3N2O2/c9-4-1-2-5(13-3-4)14-6(7(15)16)8(10,11)12/h1-3H,(H,15,16). The van der Waals surface area contributed by atoms with E-state index in [0.29, 0.717) is 4.47 Å². The molecule has 16 heavy (non-hydrogen) atoms. The summed E-state index contributed by atoms with van der Waals surface area (Å²) in [6, 6.07) is 2.57. The van der Waals surface area contributed by atoms with E-state index in [9.17, 15) is 18.0 Å². The number of aromatic nitrogens is 1. The zero-order valence-electron chi connectivity index (χ0n) is 7.49. The summed E-state index contributed by atoms with van der Waals surface area (Å²) >= 11 is 3.03. The van der Waals surface area contributed by atoms with Crippen LogP contribution < -0.4 is 0 Å². The van der Waals surface area contributed by atoms with Crippen molar-refractivity contribution < 1.29 is 23.1 Å². The van der Waals surface area contributed by atoms with Crippen molar-refractivity contribution in [1.82, 2.24) is 4.98 Å². The van der Waals surface area contributed by atoms with Crippen LogP contribution >= 0.6 is 15.9 Å². The minimum absolute atomic E-state index is 0.321. The topological polar surface area (TPSA) is 62.5 Å². The maximum Gasteiger partial charge on any atom is 0.440 e. The van der Waals surface area contributed by atoms with Crippen molar-refractivity contribution >= 4 is 33.4 Å². The molecule has 8 heteroatoms. The molecule has 0 unspecified atom stereocenters. The molecule has 0 bridgehead atoms. The van der Waals surface area contributed by atoms with Crippen LogP contribution in [-0.4, -0.2) is 27.9 Å². The van der Waals surface area contributed by atoms with Crippen LogP contribution in [0.25, 0.3) is 0 Å². The van der Waals surface area contributed by atoms with Crippen LogP contribution in [0.5, 0.6) is 0 Å². The fourth-order valence-electron chi connectivity index (χ4n) is 0.781. The van der Waals surface area contributed by atoms with E-state index in [2.05, 4.69) is 25.9 Å². The summed E-state index contributed by atoms with van der Waals surface area (Å²) < 4.78 is 37.1. The van der Waals surface area contributed by atoms with E-state index in [1.165, 1.54) is 18.3 Å². The number of pyridine rings is 1. The summed E-state index contributed by atoms with van der Waals surface area (Å²) in [6.07, 6.45) is -3.80. The average Bonchev–Trinajstić information content (AvgIpc) is 2.14. The van der Waals surface area contributed by atoms with Crippen molar-refractivity contribution in [3.8, 4) is 0 Å². The Bertz CT molecular complexity index is 428. The Labute approximate surface area is 96.0 Å². The van der Waals surface area contributed by atoms with Crippen LogP contribution in [0.3, 0.4) is 0 Å². The summed E-state index contributed by atoms with van der Waals surface area (Å²) in [7, 11) is 0. The Morgan fingerprint density at radius 3 is 2.44 bits per heavy atom. The quantitative estimate of drug-likeness (QED) is 0.853. The van der Waals surface area contributed by atoms with Crippen molar-refractivity contribution in [3.05, 3.63) is 22.8 Å². The van der Waals surface area contributed by atoms with E-state index in [4.69, 9.17) is 5.11 Å². The van der Waals surface area contributed by atoms with Crippen molar-refractivity contribution in [3.63, 3.8) is 0 Å². The lowest BCUT2D eigenvalue weighted by Crippen LogP contribution is -2.30. The Morgan fingerprint density at radius 2 is 2.06 bits per heavy atom. The first kappa shape index (κ1) is 12.6. The summed E-state index contributed by atoms with van der Waals surface area (Å²) in [6.45, 7) is 0. The molecule has 0 saturated carbocycles. The van der Waals surface area contributed by atoms with Crippen molar-refractivity contribution in [2.45, 2.75) is 6.18 Å². The largest absolute Gasteiger partial charge is 0.477 e. The van der Waals surface area contributed by atoms with E-state index < -0.39 is 17.9 Å². The van der Waals surface area contributed by atoms with Crippen LogP contribution in [0.1, 0.15) is 0 Å². The molecular weight excluding hydrogens is 293 g/mol. The molecule has 0 aliphatic heterocycles. The molecule has 0 aromatic carbocycles. The summed E-state index contributed by atoms with van der Waals surface area (Å²) in [5, 5.41) is 8.34. The molecule has 0 radical (unpaired) electrons. The van der Waals surface area contributed by atoms with E-state index in [0.717, 1.165) is 0 Å².